The fraction of sp³-hybridized carbons (Fsp3) is 0.765. The van der Waals surface area contributed by atoms with Gasteiger partial charge in [0.05, 0.1) is 24.7 Å². The maximum absolute atomic E-state index is 12.4. The van der Waals surface area contributed by atoms with Crippen molar-refractivity contribution in [3.05, 3.63) is 18.0 Å². The van der Waals surface area contributed by atoms with Crippen molar-refractivity contribution in [2.24, 2.45) is 12.0 Å². The molecule has 2 heterocycles. The molecular formula is C17H32N6O3S. The lowest BCUT2D eigenvalue weighted by Gasteiger charge is -2.35. The largest absolute Gasteiger partial charge is 0.378 e. The Labute approximate surface area is 162 Å². The summed E-state index contributed by atoms with van der Waals surface area (Å²) in [4.78, 5) is 6.42. The van der Waals surface area contributed by atoms with Crippen LogP contribution in [0.25, 0.3) is 0 Å². The zero-order valence-electron chi connectivity index (χ0n) is 16.8. The molecule has 0 aliphatic carbocycles. The molecule has 1 aliphatic heterocycles. The zero-order valence-corrected chi connectivity index (χ0v) is 17.6. The number of nitrogens with one attached hydrogen (secondary N) is 1. The highest BCUT2D eigenvalue weighted by atomic mass is 32.2. The minimum Gasteiger partial charge on any atom is -0.378 e. The molecule has 0 aromatic carbocycles. The maximum Gasteiger partial charge on any atom is 0.216 e. The highest BCUT2D eigenvalue weighted by Crippen LogP contribution is 2.09. The predicted molar refractivity (Wildman–Crippen MR) is 106 cm³/mol. The van der Waals surface area contributed by atoms with E-state index < -0.39 is 10.0 Å². The molecule has 0 amide bonds. The van der Waals surface area contributed by atoms with Crippen LogP contribution in [0.2, 0.25) is 0 Å². The van der Waals surface area contributed by atoms with Gasteiger partial charge in [-0.2, -0.15) is 9.40 Å². The van der Waals surface area contributed by atoms with E-state index >= 15 is 0 Å². The van der Waals surface area contributed by atoms with Gasteiger partial charge in [-0.25, -0.2) is 8.42 Å². The fourth-order valence-electron chi connectivity index (χ4n) is 2.95. The second-order valence-electron chi connectivity index (χ2n) is 6.87. The molecule has 9 nitrogen and oxygen atoms in total. The topological polar surface area (TPSA) is 92.1 Å². The van der Waals surface area contributed by atoms with Crippen molar-refractivity contribution in [3.8, 4) is 0 Å². The van der Waals surface area contributed by atoms with E-state index in [0.717, 1.165) is 18.9 Å². The molecule has 2 rings (SSSR count). The first kappa shape index (κ1) is 21.6. The molecule has 0 radical (unpaired) electrons. The second-order valence-corrected chi connectivity index (χ2v) is 8.96. The van der Waals surface area contributed by atoms with E-state index in [0.29, 0.717) is 26.2 Å². The summed E-state index contributed by atoms with van der Waals surface area (Å²) in [6.07, 6.45) is 4.75. The van der Waals surface area contributed by atoms with Gasteiger partial charge in [0.15, 0.2) is 5.96 Å². The lowest BCUT2D eigenvalue weighted by molar-refractivity contribution is 0.0904. The van der Waals surface area contributed by atoms with Crippen molar-refractivity contribution in [3.63, 3.8) is 0 Å². The van der Waals surface area contributed by atoms with E-state index in [1.807, 2.05) is 33.3 Å². The van der Waals surface area contributed by atoms with Gasteiger partial charge in [0.1, 0.15) is 0 Å². The van der Waals surface area contributed by atoms with Crippen LogP contribution in [0.1, 0.15) is 19.4 Å². The number of hydrogen-bond donors (Lipinski definition) is 1. The molecular weight excluding hydrogens is 368 g/mol. The number of aryl methyl sites for hydroxylation is 1. The molecule has 0 unspecified atom stereocenters. The van der Waals surface area contributed by atoms with Gasteiger partial charge in [0.25, 0.3) is 0 Å². The lowest BCUT2D eigenvalue weighted by Crippen LogP contribution is -2.54. The van der Waals surface area contributed by atoms with Crippen molar-refractivity contribution in [2.45, 2.75) is 26.4 Å². The van der Waals surface area contributed by atoms with Crippen LogP contribution < -0.4 is 5.32 Å². The Morgan fingerprint density at radius 1 is 1.33 bits per heavy atom. The fourth-order valence-corrected chi connectivity index (χ4v) is 4.23. The molecule has 0 bridgehead atoms. The molecule has 154 valence electrons. The van der Waals surface area contributed by atoms with Crippen LogP contribution in [0.4, 0.5) is 0 Å². The number of piperazine rings is 1. The standard InChI is InChI=1S/C17H32N6O3S/c1-15(2)26-11-12-27(24,25)23-9-7-22(8-10-23)17(18-3)19-6-5-16-13-20-21(4)14-16/h13-15H,5-12H2,1-4H3,(H,18,19). The summed E-state index contributed by atoms with van der Waals surface area (Å²) < 4.78 is 33.6. The maximum atomic E-state index is 12.4. The average Bonchev–Trinajstić information content (AvgIpc) is 3.03. The summed E-state index contributed by atoms with van der Waals surface area (Å²) in [6, 6.07) is 0. The van der Waals surface area contributed by atoms with E-state index in [2.05, 4.69) is 20.3 Å². The number of sulfonamides is 1. The molecule has 1 saturated heterocycles. The summed E-state index contributed by atoms with van der Waals surface area (Å²) in [5, 5.41) is 7.51. The van der Waals surface area contributed by atoms with Gasteiger partial charge in [-0.1, -0.05) is 0 Å². The summed E-state index contributed by atoms with van der Waals surface area (Å²) in [6.45, 7) is 6.96. The first-order valence-corrected chi connectivity index (χ1v) is 11.0. The second kappa shape index (κ2) is 10.0. The minimum atomic E-state index is -3.27. The number of guanidine groups is 1. The van der Waals surface area contributed by atoms with Crippen molar-refractivity contribution in [1.29, 1.82) is 0 Å². The van der Waals surface area contributed by atoms with Gasteiger partial charge in [-0.05, 0) is 25.8 Å². The third kappa shape index (κ3) is 6.78. The molecule has 1 aliphatic rings. The van der Waals surface area contributed by atoms with E-state index in [1.54, 1.807) is 16.0 Å². The van der Waals surface area contributed by atoms with Crippen LogP contribution in [-0.4, -0.2) is 91.6 Å². The molecule has 27 heavy (non-hydrogen) atoms. The summed E-state index contributed by atoms with van der Waals surface area (Å²) in [5.74, 6) is 0.836. The number of ether oxygens (including phenoxy) is 1. The first-order valence-electron chi connectivity index (χ1n) is 9.34. The lowest BCUT2D eigenvalue weighted by atomic mass is 10.2. The molecule has 0 spiro atoms. The number of aromatic nitrogens is 2. The normalized spacial score (nSPS) is 16.9. The summed E-state index contributed by atoms with van der Waals surface area (Å²) in [7, 11) is 0.377. The molecule has 0 atom stereocenters. The molecule has 1 fully saturated rings. The van der Waals surface area contributed by atoms with E-state index in [4.69, 9.17) is 4.74 Å². The number of hydrogen-bond acceptors (Lipinski definition) is 5. The van der Waals surface area contributed by atoms with Gasteiger partial charge in [0, 0.05) is 53.0 Å². The molecule has 0 saturated carbocycles. The third-order valence-corrected chi connectivity index (χ3v) is 6.23. The van der Waals surface area contributed by atoms with Crippen molar-refractivity contribution in [1.82, 2.24) is 24.3 Å². The monoisotopic (exact) mass is 400 g/mol. The Hall–Kier alpha value is -1.65. The Balaban J connectivity index is 1.77. The van der Waals surface area contributed by atoms with Crippen molar-refractivity contribution in [2.75, 3.05) is 52.1 Å². The van der Waals surface area contributed by atoms with Crippen LogP contribution in [-0.2, 0) is 28.2 Å². The van der Waals surface area contributed by atoms with Crippen LogP contribution in [0.5, 0.6) is 0 Å². The highest BCUT2D eigenvalue weighted by molar-refractivity contribution is 7.89. The van der Waals surface area contributed by atoms with Crippen LogP contribution in [0.15, 0.2) is 17.4 Å². The summed E-state index contributed by atoms with van der Waals surface area (Å²) >= 11 is 0. The summed E-state index contributed by atoms with van der Waals surface area (Å²) in [5.41, 5.74) is 1.17. The molecule has 1 N–H and O–H groups in total. The van der Waals surface area contributed by atoms with E-state index in [1.165, 1.54) is 5.56 Å². The highest BCUT2D eigenvalue weighted by Gasteiger charge is 2.27. The smallest absolute Gasteiger partial charge is 0.216 e. The first-order chi connectivity index (χ1) is 12.8. The average molecular weight is 401 g/mol. The quantitative estimate of drug-likeness (QED) is 0.484. The Morgan fingerprint density at radius 3 is 2.59 bits per heavy atom. The number of nitrogens with zero attached hydrogens (tertiary/aromatic N) is 5. The number of rotatable bonds is 8. The van der Waals surface area contributed by atoms with Crippen LogP contribution >= 0.6 is 0 Å². The van der Waals surface area contributed by atoms with Gasteiger partial charge in [-0.3, -0.25) is 9.67 Å². The minimum absolute atomic E-state index is 0.0310. The molecule has 1 aromatic heterocycles. The molecule has 10 heteroatoms. The van der Waals surface area contributed by atoms with Gasteiger partial charge >= 0.3 is 0 Å². The van der Waals surface area contributed by atoms with Gasteiger partial charge in [-0.15, -0.1) is 0 Å². The third-order valence-electron chi connectivity index (χ3n) is 4.39. The SMILES string of the molecule is CN=C(NCCc1cnn(C)c1)N1CCN(S(=O)(=O)CCOC(C)C)CC1. The Kier molecular flexibility index (Phi) is 8.06. The Bertz CT molecular complexity index is 708. The Morgan fingerprint density at radius 2 is 2.04 bits per heavy atom. The van der Waals surface area contributed by atoms with Gasteiger partial charge in [0.2, 0.25) is 10.0 Å². The van der Waals surface area contributed by atoms with Crippen molar-refractivity contribution < 1.29 is 13.2 Å². The molecule has 1 aromatic rings. The van der Waals surface area contributed by atoms with Gasteiger partial charge < -0.3 is 15.0 Å². The van der Waals surface area contributed by atoms with E-state index in [-0.39, 0.29) is 18.5 Å². The van der Waals surface area contributed by atoms with Crippen LogP contribution in [0.3, 0.4) is 0 Å². The number of aliphatic imine (C=N–C) groups is 1. The van der Waals surface area contributed by atoms with E-state index in [9.17, 15) is 8.42 Å². The zero-order chi connectivity index (χ0) is 19.9. The van der Waals surface area contributed by atoms with Crippen LogP contribution in [0, 0.1) is 0 Å². The predicted octanol–water partition coefficient (Wildman–Crippen LogP) is -0.0896. The van der Waals surface area contributed by atoms with Crippen molar-refractivity contribution >= 4 is 16.0 Å².